The first-order valence-electron chi connectivity index (χ1n) is 7.75. The van der Waals surface area contributed by atoms with E-state index >= 15 is 0 Å². The zero-order valence-corrected chi connectivity index (χ0v) is 15.4. The molecule has 0 aromatic heterocycles. The van der Waals surface area contributed by atoms with E-state index in [1.165, 1.54) is 24.3 Å². The standard InChI is InChI=1S/C16H26N2O5S/c1-12(2)9-17-24(20,21)15-7-5-14(6-8-15)23-11-16(19)18-13(3)10-22-4/h5-8,12-13,17H,9-11H2,1-4H3,(H,18,19)/t13-/m0/s1. The zero-order valence-electron chi connectivity index (χ0n) is 14.5. The number of benzene rings is 1. The minimum Gasteiger partial charge on any atom is -0.484 e. The normalized spacial score (nSPS) is 12.9. The van der Waals surface area contributed by atoms with Crippen molar-refractivity contribution in [2.75, 3.05) is 26.9 Å². The van der Waals surface area contributed by atoms with Gasteiger partial charge in [-0.2, -0.15) is 0 Å². The fourth-order valence-electron chi connectivity index (χ4n) is 1.83. The van der Waals surface area contributed by atoms with Crippen LogP contribution in [-0.2, 0) is 19.6 Å². The second kappa shape index (κ2) is 9.61. The number of nitrogens with one attached hydrogen (secondary N) is 2. The van der Waals surface area contributed by atoms with Gasteiger partial charge in [0.25, 0.3) is 5.91 Å². The zero-order chi connectivity index (χ0) is 18.2. The van der Waals surface area contributed by atoms with E-state index in [-0.39, 0.29) is 29.4 Å². The Morgan fingerprint density at radius 1 is 1.17 bits per heavy atom. The van der Waals surface area contributed by atoms with Crippen molar-refractivity contribution >= 4 is 15.9 Å². The van der Waals surface area contributed by atoms with Crippen molar-refractivity contribution in [3.63, 3.8) is 0 Å². The van der Waals surface area contributed by atoms with Crippen LogP contribution in [0.1, 0.15) is 20.8 Å². The lowest BCUT2D eigenvalue weighted by atomic mass is 10.2. The summed E-state index contributed by atoms with van der Waals surface area (Å²) >= 11 is 0. The molecule has 1 aromatic carbocycles. The summed E-state index contributed by atoms with van der Waals surface area (Å²) < 4.78 is 36.9. The van der Waals surface area contributed by atoms with Crippen molar-refractivity contribution in [1.29, 1.82) is 0 Å². The van der Waals surface area contributed by atoms with E-state index in [4.69, 9.17) is 9.47 Å². The van der Waals surface area contributed by atoms with Crippen LogP contribution in [0.4, 0.5) is 0 Å². The number of hydrogen-bond donors (Lipinski definition) is 2. The molecule has 0 saturated carbocycles. The smallest absolute Gasteiger partial charge is 0.258 e. The molecule has 0 radical (unpaired) electrons. The fourth-order valence-corrected chi connectivity index (χ4v) is 3.05. The summed E-state index contributed by atoms with van der Waals surface area (Å²) in [5.41, 5.74) is 0. The number of methoxy groups -OCH3 is 1. The molecule has 0 bridgehead atoms. The Kier molecular flexibility index (Phi) is 8.17. The van der Waals surface area contributed by atoms with Crippen molar-refractivity contribution in [1.82, 2.24) is 10.0 Å². The van der Waals surface area contributed by atoms with E-state index < -0.39 is 10.0 Å². The van der Waals surface area contributed by atoms with Crippen molar-refractivity contribution in [3.8, 4) is 5.75 Å². The highest BCUT2D eigenvalue weighted by Crippen LogP contribution is 2.16. The Morgan fingerprint density at radius 3 is 2.33 bits per heavy atom. The molecule has 1 atom stereocenters. The van der Waals surface area contributed by atoms with Crippen LogP contribution < -0.4 is 14.8 Å². The third kappa shape index (κ3) is 7.29. The van der Waals surface area contributed by atoms with Crippen molar-refractivity contribution in [2.24, 2.45) is 5.92 Å². The maximum Gasteiger partial charge on any atom is 0.258 e. The van der Waals surface area contributed by atoms with Gasteiger partial charge in [-0.15, -0.1) is 0 Å². The molecule has 0 unspecified atom stereocenters. The lowest BCUT2D eigenvalue weighted by Crippen LogP contribution is -2.38. The van der Waals surface area contributed by atoms with Gasteiger partial charge in [0.05, 0.1) is 11.5 Å². The molecule has 136 valence electrons. The topological polar surface area (TPSA) is 93.7 Å². The minimum atomic E-state index is -3.52. The third-order valence-electron chi connectivity index (χ3n) is 3.01. The number of carbonyl (C=O) groups is 1. The van der Waals surface area contributed by atoms with Gasteiger partial charge in [0.15, 0.2) is 6.61 Å². The second-order valence-corrected chi connectivity index (χ2v) is 7.70. The van der Waals surface area contributed by atoms with Gasteiger partial charge in [-0.25, -0.2) is 13.1 Å². The fraction of sp³-hybridized carbons (Fsp3) is 0.562. The summed E-state index contributed by atoms with van der Waals surface area (Å²) in [7, 11) is -1.96. The largest absolute Gasteiger partial charge is 0.484 e. The first-order chi connectivity index (χ1) is 11.2. The quantitative estimate of drug-likeness (QED) is 0.654. The van der Waals surface area contributed by atoms with Gasteiger partial charge < -0.3 is 14.8 Å². The molecule has 0 aliphatic rings. The van der Waals surface area contributed by atoms with Gasteiger partial charge in [0, 0.05) is 19.7 Å². The molecule has 1 rings (SSSR count). The Labute approximate surface area is 143 Å². The summed E-state index contributed by atoms with van der Waals surface area (Å²) in [4.78, 5) is 11.8. The van der Waals surface area contributed by atoms with E-state index in [2.05, 4.69) is 10.0 Å². The Hall–Kier alpha value is -1.64. The number of amides is 1. The molecular weight excluding hydrogens is 332 g/mol. The minimum absolute atomic E-state index is 0.106. The van der Waals surface area contributed by atoms with E-state index in [9.17, 15) is 13.2 Å². The van der Waals surface area contributed by atoms with Crippen LogP contribution in [0.15, 0.2) is 29.2 Å². The van der Waals surface area contributed by atoms with Crippen molar-refractivity contribution in [3.05, 3.63) is 24.3 Å². The molecule has 0 aliphatic carbocycles. The molecule has 0 saturated heterocycles. The van der Waals surface area contributed by atoms with Gasteiger partial charge in [-0.05, 0) is 37.1 Å². The highest BCUT2D eigenvalue weighted by atomic mass is 32.2. The van der Waals surface area contributed by atoms with Crippen LogP contribution in [0.3, 0.4) is 0 Å². The molecule has 0 aliphatic heterocycles. The van der Waals surface area contributed by atoms with Crippen molar-refractivity contribution < 1.29 is 22.7 Å². The van der Waals surface area contributed by atoms with Crippen LogP contribution in [-0.4, -0.2) is 47.2 Å². The first-order valence-corrected chi connectivity index (χ1v) is 9.23. The SMILES string of the molecule is COC[C@H](C)NC(=O)COc1ccc(S(=O)(=O)NCC(C)C)cc1. The number of carbonyl (C=O) groups excluding carboxylic acids is 1. The highest BCUT2D eigenvalue weighted by Gasteiger charge is 2.14. The molecule has 1 amide bonds. The summed E-state index contributed by atoms with van der Waals surface area (Å²) in [5.74, 6) is 0.378. The van der Waals surface area contributed by atoms with Gasteiger partial charge in [0.1, 0.15) is 5.75 Å². The lowest BCUT2D eigenvalue weighted by Gasteiger charge is -2.13. The average molecular weight is 358 g/mol. The van der Waals surface area contributed by atoms with Gasteiger partial charge in [-0.3, -0.25) is 4.79 Å². The van der Waals surface area contributed by atoms with Crippen LogP contribution in [0.25, 0.3) is 0 Å². The van der Waals surface area contributed by atoms with Crippen LogP contribution in [0.5, 0.6) is 5.75 Å². The van der Waals surface area contributed by atoms with Crippen LogP contribution in [0.2, 0.25) is 0 Å². The molecule has 2 N–H and O–H groups in total. The number of ether oxygens (including phenoxy) is 2. The highest BCUT2D eigenvalue weighted by molar-refractivity contribution is 7.89. The summed E-state index contributed by atoms with van der Waals surface area (Å²) in [6.45, 7) is 6.33. The molecule has 8 heteroatoms. The maximum absolute atomic E-state index is 12.1. The van der Waals surface area contributed by atoms with Gasteiger partial charge >= 0.3 is 0 Å². The molecule has 0 heterocycles. The Balaban J connectivity index is 2.54. The van der Waals surface area contributed by atoms with E-state index in [0.717, 1.165) is 0 Å². The first kappa shape index (κ1) is 20.4. The molecule has 1 aromatic rings. The second-order valence-electron chi connectivity index (χ2n) is 5.93. The summed E-state index contributed by atoms with van der Waals surface area (Å²) in [6, 6.07) is 5.84. The lowest BCUT2D eigenvalue weighted by molar-refractivity contribution is -0.124. The molecule has 24 heavy (non-hydrogen) atoms. The van der Waals surface area contributed by atoms with Crippen molar-refractivity contribution in [2.45, 2.75) is 31.7 Å². The third-order valence-corrected chi connectivity index (χ3v) is 4.45. The summed E-state index contributed by atoms with van der Waals surface area (Å²) in [5, 5.41) is 2.72. The molecule has 7 nitrogen and oxygen atoms in total. The average Bonchev–Trinajstić information content (AvgIpc) is 2.52. The molecule has 0 fully saturated rings. The van der Waals surface area contributed by atoms with Crippen LogP contribution in [0, 0.1) is 5.92 Å². The van der Waals surface area contributed by atoms with E-state index in [1.807, 2.05) is 20.8 Å². The number of sulfonamides is 1. The number of rotatable bonds is 10. The van der Waals surface area contributed by atoms with E-state index in [0.29, 0.717) is 18.9 Å². The predicted molar refractivity (Wildman–Crippen MR) is 91.4 cm³/mol. The Bertz CT molecular complexity index is 614. The number of hydrogen-bond acceptors (Lipinski definition) is 5. The maximum atomic E-state index is 12.1. The molecule has 0 spiro atoms. The Morgan fingerprint density at radius 2 is 1.79 bits per heavy atom. The molecular formula is C16H26N2O5S. The predicted octanol–water partition coefficient (Wildman–Crippen LogP) is 1.15. The summed E-state index contributed by atoms with van der Waals surface area (Å²) in [6.07, 6.45) is 0. The van der Waals surface area contributed by atoms with Gasteiger partial charge in [-0.1, -0.05) is 13.8 Å². The monoisotopic (exact) mass is 358 g/mol. The van der Waals surface area contributed by atoms with Gasteiger partial charge in [0.2, 0.25) is 10.0 Å². The van der Waals surface area contributed by atoms with Crippen LogP contribution >= 0.6 is 0 Å². The van der Waals surface area contributed by atoms with E-state index in [1.54, 1.807) is 7.11 Å².